The Balaban J connectivity index is 2.31. The van der Waals surface area contributed by atoms with Crippen molar-refractivity contribution in [1.29, 1.82) is 5.26 Å². The smallest absolute Gasteiger partial charge is 0.130 e. The van der Waals surface area contributed by atoms with Crippen LogP contribution in [0.25, 0.3) is 11.1 Å². The van der Waals surface area contributed by atoms with Gasteiger partial charge in [-0.15, -0.1) is 0 Å². The van der Waals surface area contributed by atoms with Gasteiger partial charge in [0, 0.05) is 18.1 Å². The number of nitrogens with zero attached hydrogens (tertiary/aromatic N) is 1. The normalized spacial score (nSPS) is 15.6. The van der Waals surface area contributed by atoms with Crippen molar-refractivity contribution in [2.75, 3.05) is 14.2 Å². The minimum Gasteiger partial charge on any atom is -0.497 e. The Kier molecular flexibility index (Phi) is 3.28. The van der Waals surface area contributed by atoms with Gasteiger partial charge in [-0.05, 0) is 34.9 Å². The molecule has 0 spiro atoms. The predicted molar refractivity (Wildman–Crippen MR) is 78.4 cm³/mol. The van der Waals surface area contributed by atoms with E-state index in [0.717, 1.165) is 22.3 Å². The van der Waals surface area contributed by atoms with E-state index in [1.54, 1.807) is 26.4 Å². The number of methoxy groups -OCH3 is 2. The van der Waals surface area contributed by atoms with Gasteiger partial charge in [0.15, 0.2) is 0 Å². The highest BCUT2D eigenvalue weighted by Crippen LogP contribution is 2.45. The maximum Gasteiger partial charge on any atom is 0.130 e. The van der Waals surface area contributed by atoms with E-state index in [2.05, 4.69) is 6.07 Å². The topological polar surface area (TPSA) is 62.5 Å². The average Bonchev–Trinajstić information content (AvgIpc) is 2.53. The van der Waals surface area contributed by atoms with Gasteiger partial charge in [0.05, 0.1) is 32.0 Å². The van der Waals surface area contributed by atoms with Gasteiger partial charge in [0.2, 0.25) is 0 Å². The van der Waals surface area contributed by atoms with Gasteiger partial charge in [-0.3, -0.25) is 0 Å². The van der Waals surface area contributed by atoms with Crippen LogP contribution in [0.4, 0.5) is 0 Å². The standard InChI is InChI=1S/C17H15NO3/c1-20-12-6-11-7-15(19)13-4-3-10(9-18)5-14(13)17(11)16(8-12)21-2/h3-6,8,15,19H,7H2,1-2H3. The second-order valence-electron chi connectivity index (χ2n) is 5.00. The first-order valence-electron chi connectivity index (χ1n) is 6.65. The van der Waals surface area contributed by atoms with E-state index in [1.807, 2.05) is 18.2 Å². The molecule has 4 heteroatoms. The van der Waals surface area contributed by atoms with Crippen molar-refractivity contribution in [2.45, 2.75) is 12.5 Å². The molecule has 21 heavy (non-hydrogen) atoms. The average molecular weight is 281 g/mol. The van der Waals surface area contributed by atoms with Crippen LogP contribution in [0, 0.1) is 11.3 Å². The zero-order valence-corrected chi connectivity index (χ0v) is 11.9. The summed E-state index contributed by atoms with van der Waals surface area (Å²) in [5, 5.41) is 19.4. The van der Waals surface area contributed by atoms with Crippen LogP contribution >= 0.6 is 0 Å². The van der Waals surface area contributed by atoms with Crippen molar-refractivity contribution >= 4 is 0 Å². The molecule has 0 saturated heterocycles. The van der Waals surface area contributed by atoms with Crippen LogP contribution in [0.3, 0.4) is 0 Å². The van der Waals surface area contributed by atoms with E-state index >= 15 is 0 Å². The molecule has 2 aromatic carbocycles. The molecule has 3 rings (SSSR count). The van der Waals surface area contributed by atoms with Crippen molar-refractivity contribution in [3.63, 3.8) is 0 Å². The minimum absolute atomic E-state index is 0.502. The van der Waals surface area contributed by atoms with E-state index in [1.165, 1.54) is 0 Å². The fourth-order valence-corrected chi connectivity index (χ4v) is 2.84. The zero-order chi connectivity index (χ0) is 15.0. The van der Waals surface area contributed by atoms with Crippen LogP contribution in [0.2, 0.25) is 0 Å². The van der Waals surface area contributed by atoms with Crippen molar-refractivity contribution in [3.05, 3.63) is 47.0 Å². The summed E-state index contributed by atoms with van der Waals surface area (Å²) in [5.41, 5.74) is 4.12. The Bertz CT molecular complexity index is 746. The van der Waals surface area contributed by atoms with Gasteiger partial charge in [0.25, 0.3) is 0 Å². The molecular weight excluding hydrogens is 266 g/mol. The first-order chi connectivity index (χ1) is 10.2. The number of aliphatic hydroxyl groups is 1. The Morgan fingerprint density at radius 3 is 2.67 bits per heavy atom. The summed E-state index contributed by atoms with van der Waals surface area (Å²) in [6.45, 7) is 0. The van der Waals surface area contributed by atoms with E-state index in [4.69, 9.17) is 14.7 Å². The highest BCUT2D eigenvalue weighted by molar-refractivity contribution is 5.81. The van der Waals surface area contributed by atoms with Crippen LogP contribution in [0.15, 0.2) is 30.3 Å². The van der Waals surface area contributed by atoms with Gasteiger partial charge < -0.3 is 14.6 Å². The monoisotopic (exact) mass is 281 g/mol. The summed E-state index contributed by atoms with van der Waals surface area (Å²) in [5.74, 6) is 1.38. The van der Waals surface area contributed by atoms with Gasteiger partial charge in [-0.25, -0.2) is 0 Å². The van der Waals surface area contributed by atoms with E-state index in [-0.39, 0.29) is 0 Å². The summed E-state index contributed by atoms with van der Waals surface area (Å²) in [6, 6.07) is 11.2. The quantitative estimate of drug-likeness (QED) is 0.919. The lowest BCUT2D eigenvalue weighted by Gasteiger charge is -2.26. The summed E-state index contributed by atoms with van der Waals surface area (Å²) in [6.07, 6.45) is -0.0843. The number of fused-ring (bicyclic) bond motifs is 3. The molecule has 0 bridgehead atoms. The fraction of sp³-hybridized carbons (Fsp3) is 0.235. The van der Waals surface area contributed by atoms with Crippen LogP contribution in [0.5, 0.6) is 11.5 Å². The molecule has 0 aliphatic heterocycles. The second-order valence-corrected chi connectivity index (χ2v) is 5.00. The Morgan fingerprint density at radius 1 is 1.19 bits per heavy atom. The van der Waals surface area contributed by atoms with Crippen molar-refractivity contribution < 1.29 is 14.6 Å². The highest BCUT2D eigenvalue weighted by atomic mass is 16.5. The third kappa shape index (κ3) is 2.12. The number of ether oxygens (including phenoxy) is 2. The molecule has 0 amide bonds. The lowest BCUT2D eigenvalue weighted by Crippen LogP contribution is -2.12. The molecule has 1 N–H and O–H groups in total. The predicted octanol–water partition coefficient (Wildman–Crippen LogP) is 2.83. The number of aliphatic hydroxyl groups excluding tert-OH is 1. The van der Waals surface area contributed by atoms with Gasteiger partial charge in [0.1, 0.15) is 11.5 Å². The molecule has 0 heterocycles. The van der Waals surface area contributed by atoms with Gasteiger partial charge in [-0.1, -0.05) is 6.07 Å². The third-order valence-electron chi connectivity index (χ3n) is 3.84. The van der Waals surface area contributed by atoms with Crippen LogP contribution in [-0.2, 0) is 6.42 Å². The van der Waals surface area contributed by atoms with Crippen LogP contribution in [0.1, 0.15) is 22.8 Å². The summed E-state index contributed by atoms with van der Waals surface area (Å²) in [7, 11) is 3.20. The summed E-state index contributed by atoms with van der Waals surface area (Å²) >= 11 is 0. The number of nitriles is 1. The molecule has 0 fully saturated rings. The molecule has 1 aliphatic rings. The summed E-state index contributed by atoms with van der Waals surface area (Å²) < 4.78 is 10.8. The highest BCUT2D eigenvalue weighted by Gasteiger charge is 2.27. The van der Waals surface area contributed by atoms with E-state index in [9.17, 15) is 5.11 Å². The summed E-state index contributed by atoms with van der Waals surface area (Å²) in [4.78, 5) is 0. The molecule has 0 saturated carbocycles. The number of hydrogen-bond donors (Lipinski definition) is 1. The second kappa shape index (κ2) is 5.12. The Hall–Kier alpha value is -2.51. The third-order valence-corrected chi connectivity index (χ3v) is 3.84. The molecular formula is C17H15NO3. The van der Waals surface area contributed by atoms with Crippen molar-refractivity contribution in [2.24, 2.45) is 0 Å². The van der Waals surface area contributed by atoms with Crippen molar-refractivity contribution in [1.82, 2.24) is 0 Å². The lowest BCUT2D eigenvalue weighted by molar-refractivity contribution is 0.177. The largest absolute Gasteiger partial charge is 0.497 e. The van der Waals surface area contributed by atoms with Gasteiger partial charge >= 0.3 is 0 Å². The van der Waals surface area contributed by atoms with Crippen LogP contribution < -0.4 is 9.47 Å². The van der Waals surface area contributed by atoms with E-state index in [0.29, 0.717) is 23.5 Å². The molecule has 1 unspecified atom stereocenters. The molecule has 4 nitrogen and oxygen atoms in total. The lowest BCUT2D eigenvalue weighted by atomic mass is 9.82. The molecule has 1 aliphatic carbocycles. The molecule has 0 aromatic heterocycles. The number of rotatable bonds is 2. The SMILES string of the molecule is COc1cc2c(c(OC)c1)-c1cc(C#N)ccc1C(O)C2. The molecule has 0 radical (unpaired) electrons. The first-order valence-corrected chi connectivity index (χ1v) is 6.65. The van der Waals surface area contributed by atoms with Gasteiger partial charge in [-0.2, -0.15) is 5.26 Å². The maximum atomic E-state index is 10.3. The molecule has 2 aromatic rings. The van der Waals surface area contributed by atoms with Crippen LogP contribution in [-0.4, -0.2) is 19.3 Å². The Morgan fingerprint density at radius 2 is 2.00 bits per heavy atom. The number of benzene rings is 2. The minimum atomic E-state index is -0.586. The fourth-order valence-electron chi connectivity index (χ4n) is 2.84. The van der Waals surface area contributed by atoms with Crippen molar-refractivity contribution in [3.8, 4) is 28.7 Å². The zero-order valence-electron chi connectivity index (χ0n) is 11.9. The van der Waals surface area contributed by atoms with E-state index < -0.39 is 6.10 Å². The molecule has 1 atom stereocenters. The maximum absolute atomic E-state index is 10.3. The first kappa shape index (κ1) is 13.5. The number of hydrogen-bond acceptors (Lipinski definition) is 4. The molecule has 106 valence electrons. The Labute approximate surface area is 123 Å².